The number of likely N-dealkylation sites (tertiary alicyclic amines) is 1. The van der Waals surface area contributed by atoms with Gasteiger partial charge in [0.15, 0.2) is 5.96 Å². The number of rotatable bonds is 4. The van der Waals surface area contributed by atoms with Crippen molar-refractivity contribution in [2.24, 2.45) is 10.4 Å². The molecule has 136 valence electrons. The molecule has 1 aromatic heterocycles. The molecule has 0 aliphatic carbocycles. The van der Waals surface area contributed by atoms with E-state index in [4.69, 9.17) is 4.99 Å². The Bertz CT molecular complexity index is 644. The molecule has 0 saturated carbocycles. The molecule has 0 bridgehead atoms. The van der Waals surface area contributed by atoms with Gasteiger partial charge in [0.25, 0.3) is 0 Å². The van der Waals surface area contributed by atoms with Crippen molar-refractivity contribution in [2.45, 2.75) is 39.5 Å². The molecule has 0 radical (unpaired) electrons. The van der Waals surface area contributed by atoms with Gasteiger partial charge in [0.1, 0.15) is 0 Å². The number of hydrogen-bond acceptors (Lipinski definition) is 3. The summed E-state index contributed by atoms with van der Waals surface area (Å²) in [5.74, 6) is 1.17. The summed E-state index contributed by atoms with van der Waals surface area (Å²) in [5.41, 5.74) is 2.61. The van der Waals surface area contributed by atoms with Crippen molar-refractivity contribution in [3.63, 3.8) is 0 Å². The number of carbonyl (C=O) groups excluding carboxylic acids is 1. The van der Waals surface area contributed by atoms with Gasteiger partial charge in [-0.15, -0.1) is 0 Å². The molecule has 6 nitrogen and oxygen atoms in total. The molecule has 1 aromatic rings. The van der Waals surface area contributed by atoms with Crippen LogP contribution in [0.1, 0.15) is 37.3 Å². The monoisotopic (exact) mass is 343 g/mol. The van der Waals surface area contributed by atoms with Crippen LogP contribution < -0.4 is 10.6 Å². The van der Waals surface area contributed by atoms with Crippen molar-refractivity contribution in [1.29, 1.82) is 0 Å². The molecule has 6 heteroatoms. The zero-order valence-electron chi connectivity index (χ0n) is 15.3. The smallest absolute Gasteiger partial charge is 0.220 e. The third-order valence-electron chi connectivity index (χ3n) is 5.27. The van der Waals surface area contributed by atoms with Crippen molar-refractivity contribution in [1.82, 2.24) is 20.5 Å². The lowest BCUT2D eigenvalue weighted by molar-refractivity contribution is -0.119. The standard InChI is InChI=1S/C19H29N5O/c1-3-21-18(22-9-6-16-5-8-20-12-15(16)2)24-10-4-7-19(14-24)11-17(25)23-13-19/h5,8,12H,3-4,6-7,9-11,13-14H2,1-2H3,(H,21,22)(H,23,25). The normalized spacial score (nSPS) is 23.8. The Morgan fingerprint density at radius 2 is 2.40 bits per heavy atom. The highest BCUT2D eigenvalue weighted by Crippen LogP contribution is 2.35. The number of carbonyl (C=O) groups is 1. The minimum absolute atomic E-state index is 0.0905. The van der Waals surface area contributed by atoms with E-state index in [0.29, 0.717) is 6.42 Å². The molecule has 2 fully saturated rings. The molecule has 25 heavy (non-hydrogen) atoms. The van der Waals surface area contributed by atoms with E-state index in [1.54, 1.807) is 0 Å². The molecule has 0 aromatic carbocycles. The van der Waals surface area contributed by atoms with E-state index >= 15 is 0 Å². The van der Waals surface area contributed by atoms with Crippen LogP contribution in [-0.2, 0) is 11.2 Å². The summed E-state index contributed by atoms with van der Waals surface area (Å²) in [4.78, 5) is 23.0. The first-order valence-corrected chi connectivity index (χ1v) is 9.31. The molecule has 3 rings (SSSR count). The van der Waals surface area contributed by atoms with Gasteiger partial charge in [-0.05, 0) is 50.3 Å². The van der Waals surface area contributed by atoms with E-state index in [1.165, 1.54) is 11.1 Å². The molecule has 2 N–H and O–H groups in total. The van der Waals surface area contributed by atoms with Crippen molar-refractivity contribution < 1.29 is 4.79 Å². The first kappa shape index (κ1) is 17.7. The fraction of sp³-hybridized carbons (Fsp3) is 0.632. The number of hydrogen-bond donors (Lipinski definition) is 2. The lowest BCUT2D eigenvalue weighted by atomic mass is 9.79. The maximum absolute atomic E-state index is 11.7. The minimum Gasteiger partial charge on any atom is -0.357 e. The predicted molar refractivity (Wildman–Crippen MR) is 99.5 cm³/mol. The Balaban J connectivity index is 1.65. The van der Waals surface area contributed by atoms with E-state index < -0.39 is 0 Å². The molecule has 1 amide bonds. The Labute approximate surface area is 150 Å². The van der Waals surface area contributed by atoms with Crippen molar-refractivity contribution >= 4 is 11.9 Å². The predicted octanol–water partition coefficient (Wildman–Crippen LogP) is 1.50. The average Bonchev–Trinajstić information content (AvgIpc) is 2.95. The van der Waals surface area contributed by atoms with E-state index in [0.717, 1.165) is 57.9 Å². The fourth-order valence-electron chi connectivity index (χ4n) is 3.92. The number of nitrogens with zero attached hydrogens (tertiary/aromatic N) is 3. The maximum Gasteiger partial charge on any atom is 0.220 e. The summed E-state index contributed by atoms with van der Waals surface area (Å²) in [5, 5.41) is 6.44. The number of aromatic nitrogens is 1. The Kier molecular flexibility index (Phi) is 5.56. The third kappa shape index (κ3) is 4.30. The zero-order chi connectivity index (χ0) is 17.7. The topological polar surface area (TPSA) is 69.6 Å². The number of amides is 1. The Morgan fingerprint density at radius 1 is 1.52 bits per heavy atom. The summed E-state index contributed by atoms with van der Waals surface area (Å²) < 4.78 is 0. The molecule has 1 spiro atoms. The first-order chi connectivity index (χ1) is 12.1. The van der Waals surface area contributed by atoms with Gasteiger partial charge in [-0.1, -0.05) is 0 Å². The second-order valence-electron chi connectivity index (χ2n) is 7.27. The van der Waals surface area contributed by atoms with E-state index in [9.17, 15) is 4.79 Å². The zero-order valence-corrected chi connectivity index (χ0v) is 15.3. The largest absolute Gasteiger partial charge is 0.357 e. The number of aryl methyl sites for hydroxylation is 1. The van der Waals surface area contributed by atoms with E-state index in [-0.39, 0.29) is 11.3 Å². The molecule has 2 aliphatic heterocycles. The van der Waals surface area contributed by atoms with Crippen molar-refractivity contribution in [3.05, 3.63) is 29.6 Å². The van der Waals surface area contributed by atoms with Crippen molar-refractivity contribution in [2.75, 3.05) is 32.7 Å². The fourth-order valence-corrected chi connectivity index (χ4v) is 3.92. The van der Waals surface area contributed by atoms with Gasteiger partial charge >= 0.3 is 0 Å². The van der Waals surface area contributed by atoms with Crippen LogP contribution >= 0.6 is 0 Å². The first-order valence-electron chi connectivity index (χ1n) is 9.31. The molecular formula is C19H29N5O. The summed E-state index contributed by atoms with van der Waals surface area (Å²) in [6.45, 7) is 8.53. The van der Waals surface area contributed by atoms with Crippen LogP contribution in [0.15, 0.2) is 23.5 Å². The molecule has 2 saturated heterocycles. The van der Waals surface area contributed by atoms with Crippen LogP contribution in [0, 0.1) is 12.3 Å². The van der Waals surface area contributed by atoms with Gasteiger partial charge in [-0.3, -0.25) is 14.8 Å². The maximum atomic E-state index is 11.7. The van der Waals surface area contributed by atoms with Crippen LogP contribution in [0.25, 0.3) is 0 Å². The quantitative estimate of drug-likeness (QED) is 0.642. The number of piperidine rings is 1. The van der Waals surface area contributed by atoms with Gasteiger partial charge < -0.3 is 15.5 Å². The molecule has 1 atom stereocenters. The second-order valence-corrected chi connectivity index (χ2v) is 7.27. The highest BCUT2D eigenvalue weighted by molar-refractivity contribution is 5.81. The van der Waals surface area contributed by atoms with Crippen LogP contribution in [0.4, 0.5) is 0 Å². The summed E-state index contributed by atoms with van der Waals surface area (Å²) in [7, 11) is 0. The number of pyridine rings is 1. The van der Waals surface area contributed by atoms with Crippen LogP contribution in [0.5, 0.6) is 0 Å². The van der Waals surface area contributed by atoms with E-state index in [2.05, 4.69) is 40.4 Å². The summed E-state index contributed by atoms with van der Waals surface area (Å²) in [6, 6.07) is 2.07. The van der Waals surface area contributed by atoms with Gasteiger partial charge in [0, 0.05) is 57.0 Å². The third-order valence-corrected chi connectivity index (χ3v) is 5.27. The SMILES string of the molecule is CCNC(=NCCc1ccncc1C)N1CCCC2(CNC(=O)C2)C1. The number of aliphatic imine (C=N–C) groups is 1. The molecule has 1 unspecified atom stereocenters. The summed E-state index contributed by atoms with van der Waals surface area (Å²) >= 11 is 0. The molecule has 2 aliphatic rings. The van der Waals surface area contributed by atoms with Crippen LogP contribution in [-0.4, -0.2) is 54.5 Å². The second kappa shape index (κ2) is 7.85. The van der Waals surface area contributed by atoms with Gasteiger partial charge in [-0.2, -0.15) is 0 Å². The highest BCUT2D eigenvalue weighted by Gasteiger charge is 2.42. The van der Waals surface area contributed by atoms with E-state index in [1.807, 2.05) is 12.4 Å². The lowest BCUT2D eigenvalue weighted by Crippen LogP contribution is -2.51. The Hall–Kier alpha value is -2.11. The van der Waals surface area contributed by atoms with Gasteiger partial charge in [0.2, 0.25) is 5.91 Å². The van der Waals surface area contributed by atoms with Crippen LogP contribution in [0.2, 0.25) is 0 Å². The number of nitrogens with one attached hydrogen (secondary N) is 2. The molecule has 3 heterocycles. The van der Waals surface area contributed by atoms with Crippen molar-refractivity contribution in [3.8, 4) is 0 Å². The van der Waals surface area contributed by atoms with Crippen LogP contribution in [0.3, 0.4) is 0 Å². The molecular weight excluding hydrogens is 314 g/mol. The Morgan fingerprint density at radius 3 is 3.12 bits per heavy atom. The lowest BCUT2D eigenvalue weighted by Gasteiger charge is -2.40. The summed E-state index contributed by atoms with van der Waals surface area (Å²) in [6.07, 6.45) is 7.56. The average molecular weight is 343 g/mol. The highest BCUT2D eigenvalue weighted by atomic mass is 16.1. The van der Waals surface area contributed by atoms with Gasteiger partial charge in [-0.25, -0.2) is 0 Å². The van der Waals surface area contributed by atoms with Gasteiger partial charge in [0.05, 0.1) is 0 Å². The minimum atomic E-state index is 0.0905. The number of guanidine groups is 1.